The number of unbranched alkanes of at least 4 members (excludes halogenated alkanes) is 3. The smallest absolute Gasteiger partial charge is 0.126 e. The Labute approximate surface area is 115 Å². The number of rotatable bonds is 8. The quantitative estimate of drug-likeness (QED) is 0.726. The van der Waals surface area contributed by atoms with Crippen LogP contribution in [0.3, 0.4) is 0 Å². The average molecular weight is 264 g/mol. The molecule has 3 heteroatoms. The van der Waals surface area contributed by atoms with E-state index in [0.717, 1.165) is 23.3 Å². The molecule has 0 spiro atoms. The normalized spacial score (nSPS) is 10.9. The molecule has 0 saturated carbocycles. The molecule has 0 fully saturated rings. The van der Waals surface area contributed by atoms with E-state index in [-0.39, 0.29) is 6.61 Å². The SMILES string of the molecule is CCCCC/C=C/c1c(OC)ccc(OC)c1CO. The van der Waals surface area contributed by atoms with E-state index in [1.165, 1.54) is 19.3 Å². The molecule has 0 atom stereocenters. The van der Waals surface area contributed by atoms with E-state index in [0.29, 0.717) is 5.75 Å². The van der Waals surface area contributed by atoms with Gasteiger partial charge in [-0.2, -0.15) is 0 Å². The summed E-state index contributed by atoms with van der Waals surface area (Å²) in [4.78, 5) is 0. The van der Waals surface area contributed by atoms with Crippen LogP contribution in [-0.4, -0.2) is 19.3 Å². The first-order chi connectivity index (χ1) is 9.28. The number of aliphatic hydroxyl groups is 1. The number of hydrogen-bond donors (Lipinski definition) is 1. The highest BCUT2D eigenvalue weighted by atomic mass is 16.5. The van der Waals surface area contributed by atoms with Gasteiger partial charge in [-0.3, -0.25) is 0 Å². The Kier molecular flexibility index (Phi) is 7.04. The molecule has 1 aromatic rings. The van der Waals surface area contributed by atoms with Crippen molar-refractivity contribution in [2.75, 3.05) is 14.2 Å². The maximum atomic E-state index is 9.52. The predicted octanol–water partition coefficient (Wildman–Crippen LogP) is 3.79. The molecule has 0 saturated heterocycles. The van der Waals surface area contributed by atoms with E-state index in [1.807, 2.05) is 18.2 Å². The Morgan fingerprint density at radius 2 is 1.79 bits per heavy atom. The Bertz CT molecular complexity index is 411. The summed E-state index contributed by atoms with van der Waals surface area (Å²) in [6.07, 6.45) is 8.84. The third-order valence-electron chi connectivity index (χ3n) is 3.13. The molecule has 0 bridgehead atoms. The van der Waals surface area contributed by atoms with Crippen LogP contribution in [0.2, 0.25) is 0 Å². The van der Waals surface area contributed by atoms with Crippen LogP contribution in [0.25, 0.3) is 6.08 Å². The van der Waals surface area contributed by atoms with Crippen LogP contribution in [0, 0.1) is 0 Å². The number of ether oxygens (including phenoxy) is 2. The van der Waals surface area contributed by atoms with E-state index in [9.17, 15) is 5.11 Å². The molecule has 0 amide bonds. The second-order valence-corrected chi connectivity index (χ2v) is 4.42. The van der Waals surface area contributed by atoms with Crippen LogP contribution in [0.5, 0.6) is 11.5 Å². The van der Waals surface area contributed by atoms with Crippen molar-refractivity contribution in [2.24, 2.45) is 0 Å². The zero-order valence-corrected chi connectivity index (χ0v) is 12.1. The van der Waals surface area contributed by atoms with E-state index < -0.39 is 0 Å². The molecule has 3 nitrogen and oxygen atoms in total. The van der Waals surface area contributed by atoms with Crippen LogP contribution >= 0.6 is 0 Å². The largest absolute Gasteiger partial charge is 0.496 e. The molecule has 0 aliphatic rings. The minimum absolute atomic E-state index is 0.0605. The van der Waals surface area contributed by atoms with Crippen LogP contribution in [0.15, 0.2) is 18.2 Å². The second-order valence-electron chi connectivity index (χ2n) is 4.42. The van der Waals surface area contributed by atoms with E-state index in [4.69, 9.17) is 9.47 Å². The highest BCUT2D eigenvalue weighted by molar-refractivity contribution is 5.64. The average Bonchev–Trinajstić information content (AvgIpc) is 2.46. The van der Waals surface area contributed by atoms with Gasteiger partial charge >= 0.3 is 0 Å². The summed E-state index contributed by atoms with van der Waals surface area (Å²) in [5.41, 5.74) is 1.68. The maximum Gasteiger partial charge on any atom is 0.126 e. The van der Waals surface area contributed by atoms with Crippen molar-refractivity contribution < 1.29 is 14.6 Å². The van der Waals surface area contributed by atoms with Gasteiger partial charge < -0.3 is 14.6 Å². The lowest BCUT2D eigenvalue weighted by atomic mass is 10.0. The third-order valence-corrected chi connectivity index (χ3v) is 3.13. The van der Waals surface area contributed by atoms with E-state index in [1.54, 1.807) is 14.2 Å². The number of methoxy groups -OCH3 is 2. The molecule has 0 aromatic heterocycles. The van der Waals surface area contributed by atoms with Gasteiger partial charge in [-0.25, -0.2) is 0 Å². The maximum absolute atomic E-state index is 9.52. The first kappa shape index (κ1) is 15.6. The first-order valence-electron chi connectivity index (χ1n) is 6.79. The highest BCUT2D eigenvalue weighted by Gasteiger charge is 2.11. The van der Waals surface area contributed by atoms with Crippen molar-refractivity contribution in [2.45, 2.75) is 39.2 Å². The molecule has 19 heavy (non-hydrogen) atoms. The van der Waals surface area contributed by atoms with Gasteiger partial charge in [0.25, 0.3) is 0 Å². The molecule has 0 aliphatic carbocycles. The van der Waals surface area contributed by atoms with Crippen LogP contribution in [-0.2, 0) is 6.61 Å². The Balaban J connectivity index is 2.94. The standard InChI is InChI=1S/C16H24O3/c1-4-5-6-7-8-9-13-14(12-17)16(19-3)11-10-15(13)18-2/h8-11,17H,4-7,12H2,1-3H3/b9-8+. The van der Waals surface area contributed by atoms with Gasteiger partial charge in [0.2, 0.25) is 0 Å². The highest BCUT2D eigenvalue weighted by Crippen LogP contribution is 2.31. The van der Waals surface area contributed by atoms with Gasteiger partial charge in [0.1, 0.15) is 11.5 Å². The molecule has 0 radical (unpaired) electrons. The van der Waals surface area contributed by atoms with E-state index >= 15 is 0 Å². The zero-order chi connectivity index (χ0) is 14.1. The molecule has 0 unspecified atom stereocenters. The number of allylic oxidation sites excluding steroid dienone is 1. The topological polar surface area (TPSA) is 38.7 Å². The van der Waals surface area contributed by atoms with Crippen molar-refractivity contribution in [3.8, 4) is 11.5 Å². The lowest BCUT2D eigenvalue weighted by Gasteiger charge is -2.13. The number of hydrogen-bond acceptors (Lipinski definition) is 3. The summed E-state index contributed by atoms with van der Waals surface area (Å²) in [6, 6.07) is 3.68. The fraction of sp³-hybridized carbons (Fsp3) is 0.500. The molecule has 106 valence electrons. The molecule has 1 aromatic carbocycles. The Morgan fingerprint density at radius 1 is 1.11 bits per heavy atom. The van der Waals surface area contributed by atoms with Crippen LogP contribution in [0.1, 0.15) is 43.7 Å². The summed E-state index contributed by atoms with van der Waals surface area (Å²) in [5.74, 6) is 1.45. The molecular formula is C16H24O3. The minimum Gasteiger partial charge on any atom is -0.496 e. The van der Waals surface area contributed by atoms with Crippen molar-refractivity contribution in [3.63, 3.8) is 0 Å². The summed E-state index contributed by atoms with van der Waals surface area (Å²) >= 11 is 0. The van der Waals surface area contributed by atoms with Gasteiger partial charge in [-0.15, -0.1) is 0 Å². The second kappa shape index (κ2) is 8.59. The molecule has 1 rings (SSSR count). The van der Waals surface area contributed by atoms with Crippen molar-refractivity contribution in [1.29, 1.82) is 0 Å². The number of aliphatic hydroxyl groups excluding tert-OH is 1. The summed E-state index contributed by atoms with van der Waals surface area (Å²) in [6.45, 7) is 2.13. The molecule has 1 N–H and O–H groups in total. The van der Waals surface area contributed by atoms with E-state index in [2.05, 4.69) is 13.0 Å². The Morgan fingerprint density at radius 3 is 2.37 bits per heavy atom. The van der Waals surface area contributed by atoms with Gasteiger partial charge in [-0.1, -0.05) is 31.9 Å². The van der Waals surface area contributed by atoms with Gasteiger partial charge in [0, 0.05) is 11.1 Å². The van der Waals surface area contributed by atoms with Crippen LogP contribution in [0.4, 0.5) is 0 Å². The third kappa shape index (κ3) is 4.28. The van der Waals surface area contributed by atoms with Crippen molar-refractivity contribution >= 4 is 6.08 Å². The zero-order valence-electron chi connectivity index (χ0n) is 12.1. The predicted molar refractivity (Wildman–Crippen MR) is 78.6 cm³/mol. The van der Waals surface area contributed by atoms with Crippen molar-refractivity contribution in [3.05, 3.63) is 29.3 Å². The lowest BCUT2D eigenvalue weighted by molar-refractivity contribution is 0.272. The molecule has 0 heterocycles. The fourth-order valence-corrected chi connectivity index (χ4v) is 2.05. The summed E-state index contributed by atoms with van der Waals surface area (Å²) < 4.78 is 10.6. The minimum atomic E-state index is -0.0605. The summed E-state index contributed by atoms with van der Waals surface area (Å²) in [5, 5.41) is 9.52. The monoisotopic (exact) mass is 264 g/mol. The van der Waals surface area contributed by atoms with Gasteiger partial charge in [0.15, 0.2) is 0 Å². The lowest BCUT2D eigenvalue weighted by Crippen LogP contribution is -1.98. The Hall–Kier alpha value is -1.48. The summed E-state index contributed by atoms with van der Waals surface area (Å²) in [7, 11) is 3.24. The van der Waals surface area contributed by atoms with Gasteiger partial charge in [-0.05, 0) is 25.0 Å². The first-order valence-corrected chi connectivity index (χ1v) is 6.79. The van der Waals surface area contributed by atoms with Gasteiger partial charge in [0.05, 0.1) is 20.8 Å². The van der Waals surface area contributed by atoms with Crippen molar-refractivity contribution in [1.82, 2.24) is 0 Å². The fourth-order valence-electron chi connectivity index (χ4n) is 2.05. The van der Waals surface area contributed by atoms with Crippen LogP contribution < -0.4 is 9.47 Å². The molecule has 0 aliphatic heterocycles. The number of benzene rings is 1. The molecular weight excluding hydrogens is 240 g/mol.